The van der Waals surface area contributed by atoms with E-state index in [1.165, 1.54) is 55.8 Å². The number of methoxy groups -OCH3 is 1. The van der Waals surface area contributed by atoms with Crippen molar-refractivity contribution in [2.24, 2.45) is 5.10 Å². The summed E-state index contributed by atoms with van der Waals surface area (Å²) in [4.78, 5) is 24.8. The van der Waals surface area contributed by atoms with E-state index in [1.54, 1.807) is 60.7 Å². The summed E-state index contributed by atoms with van der Waals surface area (Å²) in [5, 5.41) is 6.53. The molecule has 0 spiro atoms. The summed E-state index contributed by atoms with van der Waals surface area (Å²) >= 11 is 0. The van der Waals surface area contributed by atoms with Crippen LogP contribution in [0.3, 0.4) is 0 Å². The zero-order valence-corrected chi connectivity index (χ0v) is 23.3. The van der Waals surface area contributed by atoms with Gasteiger partial charge in [0, 0.05) is 11.8 Å². The molecule has 10 nitrogen and oxygen atoms in total. The third kappa shape index (κ3) is 8.15. The number of rotatable bonds is 12. The van der Waals surface area contributed by atoms with Crippen molar-refractivity contribution in [3.05, 3.63) is 115 Å². The number of benzene rings is 4. The number of sulfonamides is 1. The Balaban J connectivity index is 1.35. The maximum absolute atomic E-state index is 13.4. The van der Waals surface area contributed by atoms with E-state index < -0.39 is 34.2 Å². The Bertz CT molecular complexity index is 1650. The molecule has 4 rings (SSSR count). The fourth-order valence-corrected chi connectivity index (χ4v) is 5.11. The van der Waals surface area contributed by atoms with Gasteiger partial charge in [-0.15, -0.1) is 0 Å². The first-order chi connectivity index (χ1) is 20.2. The second kappa shape index (κ2) is 13.9. The van der Waals surface area contributed by atoms with Crippen molar-refractivity contribution in [3.63, 3.8) is 0 Å². The van der Waals surface area contributed by atoms with E-state index in [4.69, 9.17) is 9.47 Å². The lowest BCUT2D eigenvalue weighted by atomic mass is 10.2. The Labute approximate surface area is 242 Å². The van der Waals surface area contributed by atoms with Crippen molar-refractivity contribution in [1.29, 1.82) is 0 Å². The number of nitrogens with one attached hydrogen (secondary N) is 2. The number of ether oxygens (including phenoxy) is 2. The van der Waals surface area contributed by atoms with Crippen LogP contribution in [0.1, 0.15) is 5.56 Å². The lowest BCUT2D eigenvalue weighted by Crippen LogP contribution is -2.39. The molecule has 0 saturated carbocycles. The van der Waals surface area contributed by atoms with Crippen molar-refractivity contribution >= 4 is 39.4 Å². The standard InChI is InChI=1S/C30H27FN4O6S/c1-40-27-7-5-6-25(18-27)35(42(38,39)28-8-3-2-4-9-28)20-29(36)34-32-19-22-10-16-26(17-11-22)41-21-30(37)33-24-14-12-23(31)13-15-24/h2-19H,20-21H2,1H3,(H,33,37)(H,34,36)/b32-19-. The fraction of sp³-hybridized carbons (Fsp3) is 0.100. The van der Waals surface area contributed by atoms with Gasteiger partial charge in [0.2, 0.25) is 0 Å². The quantitative estimate of drug-likeness (QED) is 0.188. The molecule has 4 aromatic rings. The topological polar surface area (TPSA) is 126 Å². The highest BCUT2D eigenvalue weighted by molar-refractivity contribution is 7.92. The molecule has 0 bridgehead atoms. The molecule has 2 amide bonds. The molecular weight excluding hydrogens is 563 g/mol. The van der Waals surface area contributed by atoms with Gasteiger partial charge in [0.15, 0.2) is 6.61 Å². The van der Waals surface area contributed by atoms with Crippen molar-refractivity contribution in [2.45, 2.75) is 4.90 Å². The summed E-state index contributed by atoms with van der Waals surface area (Å²) < 4.78 is 51.5. The molecule has 0 unspecified atom stereocenters. The van der Waals surface area contributed by atoms with E-state index in [-0.39, 0.29) is 17.2 Å². The lowest BCUT2D eigenvalue weighted by molar-refractivity contribution is -0.119. The normalized spacial score (nSPS) is 11.1. The van der Waals surface area contributed by atoms with Crippen molar-refractivity contribution in [1.82, 2.24) is 5.43 Å². The third-order valence-corrected chi connectivity index (χ3v) is 7.53. The summed E-state index contributed by atoms with van der Waals surface area (Å²) in [6.07, 6.45) is 1.38. The number of anilines is 2. The van der Waals surface area contributed by atoms with Crippen LogP contribution in [0, 0.1) is 5.82 Å². The SMILES string of the molecule is COc1cccc(N(CC(=O)N/N=C\c2ccc(OCC(=O)Nc3ccc(F)cc3)cc2)S(=O)(=O)c2ccccc2)c1. The number of nitrogens with zero attached hydrogens (tertiary/aromatic N) is 2. The van der Waals surface area contributed by atoms with Gasteiger partial charge in [-0.3, -0.25) is 13.9 Å². The molecule has 0 aliphatic heterocycles. The predicted octanol–water partition coefficient (Wildman–Crippen LogP) is 4.20. The van der Waals surface area contributed by atoms with Crippen LogP contribution in [-0.4, -0.2) is 46.7 Å². The largest absolute Gasteiger partial charge is 0.497 e. The molecule has 0 atom stereocenters. The van der Waals surface area contributed by atoms with Crippen LogP contribution in [0.2, 0.25) is 0 Å². The summed E-state index contributed by atoms with van der Waals surface area (Å²) in [6, 6.07) is 26.1. The number of halogens is 1. The van der Waals surface area contributed by atoms with Crippen LogP contribution in [0.5, 0.6) is 11.5 Å². The third-order valence-electron chi connectivity index (χ3n) is 5.74. The van der Waals surface area contributed by atoms with Gasteiger partial charge in [-0.25, -0.2) is 18.2 Å². The smallest absolute Gasteiger partial charge is 0.264 e. The Morgan fingerprint density at radius 3 is 2.29 bits per heavy atom. The van der Waals surface area contributed by atoms with Crippen LogP contribution in [-0.2, 0) is 19.6 Å². The molecule has 4 aromatic carbocycles. The molecule has 12 heteroatoms. The molecule has 0 aliphatic rings. The van der Waals surface area contributed by atoms with Crippen molar-refractivity contribution in [2.75, 3.05) is 29.9 Å². The van der Waals surface area contributed by atoms with Gasteiger partial charge in [-0.05, 0) is 78.4 Å². The number of carbonyl (C=O) groups excluding carboxylic acids is 2. The summed E-state index contributed by atoms with van der Waals surface area (Å²) in [7, 11) is -2.62. The van der Waals surface area contributed by atoms with E-state index in [2.05, 4.69) is 15.8 Å². The molecule has 216 valence electrons. The van der Waals surface area contributed by atoms with E-state index >= 15 is 0 Å². The summed E-state index contributed by atoms with van der Waals surface area (Å²) in [5.41, 5.74) is 3.66. The zero-order chi connectivity index (χ0) is 30.0. The van der Waals surface area contributed by atoms with Crippen LogP contribution >= 0.6 is 0 Å². The molecule has 0 fully saturated rings. The minimum atomic E-state index is -4.08. The summed E-state index contributed by atoms with van der Waals surface area (Å²) in [5.74, 6) is -0.628. The second-order valence-corrected chi connectivity index (χ2v) is 10.6. The second-order valence-electron chi connectivity index (χ2n) is 8.73. The van der Waals surface area contributed by atoms with Gasteiger partial charge in [0.1, 0.15) is 23.9 Å². The minimum absolute atomic E-state index is 0.0272. The van der Waals surface area contributed by atoms with E-state index in [9.17, 15) is 22.4 Å². The van der Waals surface area contributed by atoms with E-state index in [1.807, 2.05) is 0 Å². The highest BCUT2D eigenvalue weighted by Crippen LogP contribution is 2.26. The zero-order valence-electron chi connectivity index (χ0n) is 22.4. The van der Waals surface area contributed by atoms with Crippen LogP contribution in [0.4, 0.5) is 15.8 Å². The predicted molar refractivity (Wildman–Crippen MR) is 157 cm³/mol. The number of carbonyl (C=O) groups is 2. The monoisotopic (exact) mass is 590 g/mol. The number of hydrogen-bond acceptors (Lipinski definition) is 7. The van der Waals surface area contributed by atoms with Crippen molar-refractivity contribution < 1.29 is 31.9 Å². The first-order valence-corrected chi connectivity index (χ1v) is 14.0. The van der Waals surface area contributed by atoms with Gasteiger partial charge in [0.05, 0.1) is 23.9 Å². The number of amides is 2. The molecule has 2 N–H and O–H groups in total. The maximum atomic E-state index is 13.4. The number of hydrogen-bond donors (Lipinski definition) is 2. The van der Waals surface area contributed by atoms with Crippen molar-refractivity contribution in [3.8, 4) is 11.5 Å². The van der Waals surface area contributed by atoms with Crippen LogP contribution in [0.15, 0.2) is 113 Å². The first kappa shape index (κ1) is 29.7. The Kier molecular flexibility index (Phi) is 9.85. The van der Waals surface area contributed by atoms with Gasteiger partial charge in [-0.2, -0.15) is 5.10 Å². The average molecular weight is 591 g/mol. The molecule has 0 aliphatic carbocycles. The molecule has 0 aromatic heterocycles. The van der Waals surface area contributed by atoms with E-state index in [0.29, 0.717) is 22.7 Å². The molecule has 0 heterocycles. The highest BCUT2D eigenvalue weighted by atomic mass is 32.2. The van der Waals surface area contributed by atoms with Gasteiger partial charge >= 0.3 is 0 Å². The highest BCUT2D eigenvalue weighted by Gasteiger charge is 2.27. The lowest BCUT2D eigenvalue weighted by Gasteiger charge is -2.24. The van der Waals surface area contributed by atoms with Gasteiger partial charge < -0.3 is 14.8 Å². The first-order valence-electron chi connectivity index (χ1n) is 12.6. The number of hydrazone groups is 1. The molecular formula is C30H27FN4O6S. The van der Waals surface area contributed by atoms with Crippen LogP contribution in [0.25, 0.3) is 0 Å². The van der Waals surface area contributed by atoms with Crippen LogP contribution < -0.4 is 24.5 Å². The Morgan fingerprint density at radius 2 is 1.60 bits per heavy atom. The molecule has 0 saturated heterocycles. The van der Waals surface area contributed by atoms with Gasteiger partial charge in [-0.1, -0.05) is 24.3 Å². The van der Waals surface area contributed by atoms with Gasteiger partial charge in [0.25, 0.3) is 21.8 Å². The minimum Gasteiger partial charge on any atom is -0.497 e. The Morgan fingerprint density at radius 1 is 0.881 bits per heavy atom. The molecule has 0 radical (unpaired) electrons. The van der Waals surface area contributed by atoms with E-state index in [0.717, 1.165) is 4.31 Å². The Hall–Kier alpha value is -5.23. The maximum Gasteiger partial charge on any atom is 0.264 e. The fourth-order valence-electron chi connectivity index (χ4n) is 3.67. The molecule has 42 heavy (non-hydrogen) atoms. The summed E-state index contributed by atoms with van der Waals surface area (Å²) in [6.45, 7) is -0.787. The average Bonchev–Trinajstić information content (AvgIpc) is 3.01.